The number of carboxylic acid groups (broad SMARTS) is 1. The molecule has 2 atom stereocenters. The SMILES string of the molecule is COC(=O)C(C)S(=O)(=O)NCC(C)CCC(=O)O. The molecule has 0 aliphatic carbocycles. The Morgan fingerprint density at radius 3 is 2.33 bits per heavy atom. The second kappa shape index (κ2) is 7.32. The Labute approximate surface area is 107 Å². The van der Waals surface area contributed by atoms with Crippen LogP contribution in [-0.4, -0.2) is 44.4 Å². The minimum atomic E-state index is -3.78. The van der Waals surface area contributed by atoms with E-state index >= 15 is 0 Å². The third kappa shape index (κ3) is 5.97. The lowest BCUT2D eigenvalue weighted by Gasteiger charge is -2.15. The van der Waals surface area contributed by atoms with Crippen LogP contribution in [0.2, 0.25) is 0 Å². The molecule has 0 amide bonds. The third-order valence-corrected chi connectivity index (χ3v) is 4.17. The number of methoxy groups -OCH3 is 1. The normalized spacial score (nSPS) is 14.8. The monoisotopic (exact) mass is 281 g/mol. The second-order valence-corrected chi connectivity index (χ2v) is 6.18. The van der Waals surface area contributed by atoms with E-state index in [2.05, 4.69) is 9.46 Å². The highest BCUT2D eigenvalue weighted by Crippen LogP contribution is 2.06. The zero-order valence-electron chi connectivity index (χ0n) is 10.7. The Bertz CT molecular complexity index is 391. The molecule has 0 radical (unpaired) electrons. The minimum absolute atomic E-state index is 0.0184. The molecule has 2 unspecified atom stereocenters. The molecule has 0 aromatic rings. The third-order valence-electron chi connectivity index (χ3n) is 2.48. The fourth-order valence-corrected chi connectivity index (χ4v) is 2.26. The number of sulfonamides is 1. The van der Waals surface area contributed by atoms with Crippen molar-refractivity contribution in [2.45, 2.75) is 31.9 Å². The summed E-state index contributed by atoms with van der Waals surface area (Å²) in [6.45, 7) is 3.06. The molecule has 0 rings (SSSR count). The van der Waals surface area contributed by atoms with Gasteiger partial charge in [0.05, 0.1) is 7.11 Å². The lowest BCUT2D eigenvalue weighted by atomic mass is 10.1. The summed E-state index contributed by atoms with van der Waals surface area (Å²) in [6.07, 6.45) is 0.347. The fourth-order valence-electron chi connectivity index (χ4n) is 1.15. The average molecular weight is 281 g/mol. The molecule has 0 saturated carbocycles. The van der Waals surface area contributed by atoms with E-state index < -0.39 is 27.2 Å². The van der Waals surface area contributed by atoms with Crippen LogP contribution in [0.25, 0.3) is 0 Å². The van der Waals surface area contributed by atoms with Gasteiger partial charge in [0.25, 0.3) is 0 Å². The average Bonchev–Trinajstić information content (AvgIpc) is 2.31. The lowest BCUT2D eigenvalue weighted by molar-refractivity contribution is -0.140. The van der Waals surface area contributed by atoms with Gasteiger partial charge in [-0.3, -0.25) is 9.59 Å². The number of carboxylic acids is 1. The molecule has 0 aliphatic rings. The molecule has 0 fully saturated rings. The van der Waals surface area contributed by atoms with Crippen molar-refractivity contribution in [2.24, 2.45) is 5.92 Å². The molecule has 0 aromatic heterocycles. The predicted octanol–water partition coefficient (Wildman–Crippen LogP) is -0.0318. The van der Waals surface area contributed by atoms with Crippen LogP contribution in [0, 0.1) is 5.92 Å². The van der Waals surface area contributed by atoms with Gasteiger partial charge in [-0.2, -0.15) is 0 Å². The largest absolute Gasteiger partial charge is 0.481 e. The summed E-state index contributed by atoms with van der Waals surface area (Å²) in [7, 11) is -2.66. The van der Waals surface area contributed by atoms with Gasteiger partial charge in [0.1, 0.15) is 0 Å². The fraction of sp³-hybridized carbons (Fsp3) is 0.800. The van der Waals surface area contributed by atoms with E-state index in [9.17, 15) is 18.0 Å². The Kier molecular flexibility index (Phi) is 6.85. The first-order valence-corrected chi connectivity index (χ1v) is 7.03. The molecule has 7 nitrogen and oxygen atoms in total. The molecule has 8 heteroatoms. The molecule has 0 aliphatic heterocycles. The molecule has 18 heavy (non-hydrogen) atoms. The van der Waals surface area contributed by atoms with Crippen molar-refractivity contribution >= 4 is 22.0 Å². The van der Waals surface area contributed by atoms with Gasteiger partial charge >= 0.3 is 11.9 Å². The van der Waals surface area contributed by atoms with E-state index in [1.54, 1.807) is 6.92 Å². The quantitative estimate of drug-likeness (QED) is 0.604. The zero-order chi connectivity index (χ0) is 14.3. The first-order chi connectivity index (χ1) is 8.20. The highest BCUT2D eigenvalue weighted by Gasteiger charge is 2.28. The van der Waals surface area contributed by atoms with Crippen LogP contribution in [0.15, 0.2) is 0 Å². The summed E-state index contributed by atoms with van der Waals surface area (Å²) >= 11 is 0. The molecular weight excluding hydrogens is 262 g/mol. The molecule has 0 saturated heterocycles. The summed E-state index contributed by atoms with van der Waals surface area (Å²) in [4.78, 5) is 21.4. The maximum absolute atomic E-state index is 11.6. The Balaban J connectivity index is 4.26. The van der Waals surface area contributed by atoms with Crippen molar-refractivity contribution in [3.8, 4) is 0 Å². The van der Waals surface area contributed by atoms with Gasteiger partial charge in [0.2, 0.25) is 10.0 Å². The van der Waals surface area contributed by atoms with Crippen molar-refractivity contribution in [2.75, 3.05) is 13.7 Å². The number of hydrogen-bond acceptors (Lipinski definition) is 5. The van der Waals surface area contributed by atoms with Gasteiger partial charge in [0, 0.05) is 13.0 Å². The maximum Gasteiger partial charge on any atom is 0.325 e. The van der Waals surface area contributed by atoms with Crippen LogP contribution in [0.5, 0.6) is 0 Å². The number of carbonyl (C=O) groups is 2. The van der Waals surface area contributed by atoms with Crippen LogP contribution in [0.1, 0.15) is 26.7 Å². The molecule has 0 bridgehead atoms. The zero-order valence-corrected chi connectivity index (χ0v) is 11.5. The summed E-state index contributed by atoms with van der Waals surface area (Å²) in [6, 6.07) is 0. The van der Waals surface area contributed by atoms with Crippen LogP contribution >= 0.6 is 0 Å². The van der Waals surface area contributed by atoms with Crippen LogP contribution in [0.4, 0.5) is 0 Å². The number of rotatable bonds is 8. The Morgan fingerprint density at radius 1 is 1.33 bits per heavy atom. The van der Waals surface area contributed by atoms with E-state index in [-0.39, 0.29) is 18.9 Å². The first-order valence-electron chi connectivity index (χ1n) is 5.48. The Morgan fingerprint density at radius 2 is 1.89 bits per heavy atom. The Hall–Kier alpha value is -1.15. The van der Waals surface area contributed by atoms with Gasteiger partial charge in [-0.25, -0.2) is 13.1 Å². The molecular formula is C10H19NO6S. The molecule has 0 heterocycles. The number of nitrogens with one attached hydrogen (secondary N) is 1. The standard InChI is InChI=1S/C10H19NO6S/c1-7(4-5-9(12)13)6-11-18(15,16)8(2)10(14)17-3/h7-8,11H,4-6H2,1-3H3,(H,12,13). The molecule has 0 spiro atoms. The second-order valence-electron chi connectivity index (χ2n) is 4.10. The van der Waals surface area contributed by atoms with Crippen molar-refractivity contribution in [3.63, 3.8) is 0 Å². The maximum atomic E-state index is 11.6. The molecule has 0 aromatic carbocycles. The van der Waals surface area contributed by atoms with Gasteiger partial charge < -0.3 is 9.84 Å². The summed E-state index contributed by atoms with van der Waals surface area (Å²) < 4.78 is 29.9. The van der Waals surface area contributed by atoms with Crippen LogP contribution in [0.3, 0.4) is 0 Å². The molecule has 106 valence electrons. The molecule has 2 N–H and O–H groups in total. The predicted molar refractivity (Wildman–Crippen MR) is 64.4 cm³/mol. The number of ether oxygens (including phenoxy) is 1. The number of aliphatic carboxylic acids is 1. The topological polar surface area (TPSA) is 110 Å². The van der Waals surface area contributed by atoms with Gasteiger partial charge in [-0.15, -0.1) is 0 Å². The summed E-state index contributed by atoms with van der Waals surface area (Å²) in [5.41, 5.74) is 0. The van der Waals surface area contributed by atoms with Gasteiger partial charge in [0.15, 0.2) is 5.25 Å². The van der Waals surface area contributed by atoms with E-state index in [1.165, 1.54) is 6.92 Å². The van der Waals surface area contributed by atoms with Crippen LogP contribution in [-0.2, 0) is 24.3 Å². The van der Waals surface area contributed by atoms with Crippen molar-refractivity contribution in [1.82, 2.24) is 4.72 Å². The van der Waals surface area contributed by atoms with Crippen molar-refractivity contribution < 1.29 is 27.9 Å². The minimum Gasteiger partial charge on any atom is -0.481 e. The van der Waals surface area contributed by atoms with Crippen molar-refractivity contribution in [3.05, 3.63) is 0 Å². The van der Waals surface area contributed by atoms with Gasteiger partial charge in [-0.1, -0.05) is 6.92 Å². The van der Waals surface area contributed by atoms with Crippen molar-refractivity contribution in [1.29, 1.82) is 0 Å². The summed E-state index contributed by atoms with van der Waals surface area (Å²) in [5, 5.41) is 7.20. The highest BCUT2D eigenvalue weighted by molar-refractivity contribution is 7.90. The first kappa shape index (κ1) is 16.9. The smallest absolute Gasteiger partial charge is 0.325 e. The number of esters is 1. The lowest BCUT2D eigenvalue weighted by Crippen LogP contribution is -2.40. The van der Waals surface area contributed by atoms with Crippen LogP contribution < -0.4 is 4.72 Å². The highest BCUT2D eigenvalue weighted by atomic mass is 32.2. The van der Waals surface area contributed by atoms with E-state index in [0.29, 0.717) is 6.42 Å². The van der Waals surface area contributed by atoms with Gasteiger partial charge in [-0.05, 0) is 19.3 Å². The number of hydrogen-bond donors (Lipinski definition) is 2. The number of carbonyl (C=O) groups excluding carboxylic acids is 1. The van der Waals surface area contributed by atoms with E-state index in [4.69, 9.17) is 5.11 Å². The van der Waals surface area contributed by atoms with E-state index in [0.717, 1.165) is 7.11 Å². The summed E-state index contributed by atoms with van der Waals surface area (Å²) in [5.74, 6) is -1.88. The van der Waals surface area contributed by atoms with E-state index in [1.807, 2.05) is 0 Å².